The number of piperidine rings is 1. The molecular weight excluding hydrogens is 255 g/mol. The number of nitrogens with one attached hydrogen (secondary N) is 1. The van der Waals surface area contributed by atoms with Crippen LogP contribution < -0.4 is 10.1 Å². The number of likely N-dealkylation sites (N-methyl/N-ethyl adjacent to an activating group) is 1. The Morgan fingerprint density at radius 2 is 2.25 bits per heavy atom. The quantitative estimate of drug-likeness (QED) is 0.897. The normalized spacial score (nSPS) is 21.7. The van der Waals surface area contributed by atoms with E-state index in [0.29, 0.717) is 11.8 Å². The van der Waals surface area contributed by atoms with Gasteiger partial charge in [-0.3, -0.25) is 0 Å². The molecule has 0 spiro atoms. The van der Waals surface area contributed by atoms with Crippen LogP contribution in [0.4, 0.5) is 4.39 Å². The Kier molecular flexibility index (Phi) is 5.38. The summed E-state index contributed by atoms with van der Waals surface area (Å²) in [4.78, 5) is 2.43. The molecule has 0 saturated carbocycles. The first-order valence-corrected chi connectivity index (χ1v) is 7.39. The Morgan fingerprint density at radius 1 is 1.45 bits per heavy atom. The Hall–Kier alpha value is -1.13. The maximum atomic E-state index is 13.4. The van der Waals surface area contributed by atoms with Gasteiger partial charge in [0.2, 0.25) is 0 Å². The van der Waals surface area contributed by atoms with Crippen LogP contribution in [-0.2, 0) is 0 Å². The fourth-order valence-electron chi connectivity index (χ4n) is 2.78. The summed E-state index contributed by atoms with van der Waals surface area (Å²) in [7, 11) is 3.69. The van der Waals surface area contributed by atoms with Gasteiger partial charge in [-0.1, -0.05) is 12.5 Å². The van der Waals surface area contributed by atoms with Crippen LogP contribution in [0, 0.1) is 5.82 Å². The lowest BCUT2D eigenvalue weighted by Gasteiger charge is -2.33. The zero-order valence-electron chi connectivity index (χ0n) is 12.7. The van der Waals surface area contributed by atoms with Gasteiger partial charge in [0.1, 0.15) is 0 Å². The number of nitrogens with zero attached hydrogens (tertiary/aromatic N) is 1. The molecule has 20 heavy (non-hydrogen) atoms. The SMILES string of the molecule is COc1cc(C(C)NCC2CCCCN2C)ccc1F. The number of ether oxygens (including phenoxy) is 1. The fourth-order valence-corrected chi connectivity index (χ4v) is 2.78. The molecule has 0 amide bonds. The molecule has 0 aromatic heterocycles. The van der Waals surface area contributed by atoms with Gasteiger partial charge in [-0.2, -0.15) is 0 Å². The second-order valence-electron chi connectivity index (χ2n) is 5.65. The van der Waals surface area contributed by atoms with Crippen LogP contribution >= 0.6 is 0 Å². The molecule has 1 aromatic carbocycles. The van der Waals surface area contributed by atoms with Crippen molar-refractivity contribution in [2.45, 2.75) is 38.3 Å². The summed E-state index contributed by atoms with van der Waals surface area (Å²) < 4.78 is 18.4. The second-order valence-corrected chi connectivity index (χ2v) is 5.65. The molecule has 2 rings (SSSR count). The highest BCUT2D eigenvalue weighted by atomic mass is 19.1. The van der Waals surface area contributed by atoms with Crippen molar-refractivity contribution in [2.75, 3.05) is 27.2 Å². The van der Waals surface area contributed by atoms with Gasteiger partial charge in [0.05, 0.1) is 7.11 Å². The second kappa shape index (κ2) is 7.04. The fraction of sp³-hybridized carbons (Fsp3) is 0.625. The third-order valence-electron chi connectivity index (χ3n) is 4.26. The van der Waals surface area contributed by atoms with E-state index in [1.807, 2.05) is 6.07 Å². The molecule has 4 heteroatoms. The number of rotatable bonds is 5. The van der Waals surface area contributed by atoms with E-state index in [4.69, 9.17) is 4.74 Å². The maximum Gasteiger partial charge on any atom is 0.165 e. The van der Waals surface area contributed by atoms with Crippen molar-refractivity contribution in [3.8, 4) is 5.75 Å². The lowest BCUT2D eigenvalue weighted by Crippen LogP contribution is -2.43. The van der Waals surface area contributed by atoms with E-state index in [-0.39, 0.29) is 11.9 Å². The number of benzene rings is 1. The molecule has 112 valence electrons. The lowest BCUT2D eigenvalue weighted by atomic mass is 10.0. The third kappa shape index (κ3) is 3.70. The van der Waals surface area contributed by atoms with E-state index in [2.05, 4.69) is 24.2 Å². The van der Waals surface area contributed by atoms with Gasteiger partial charge in [0.15, 0.2) is 11.6 Å². The summed E-state index contributed by atoms with van der Waals surface area (Å²) in [6.45, 7) is 4.26. The van der Waals surface area contributed by atoms with Gasteiger partial charge in [-0.25, -0.2) is 4.39 Å². The average Bonchev–Trinajstić information content (AvgIpc) is 2.46. The van der Waals surface area contributed by atoms with Crippen molar-refractivity contribution in [2.24, 2.45) is 0 Å². The Bertz CT molecular complexity index is 438. The molecule has 1 saturated heterocycles. The van der Waals surface area contributed by atoms with Crippen LogP contribution in [0.2, 0.25) is 0 Å². The molecule has 2 atom stereocenters. The van der Waals surface area contributed by atoms with Gasteiger partial charge in [-0.15, -0.1) is 0 Å². The highest BCUT2D eigenvalue weighted by Crippen LogP contribution is 2.23. The third-order valence-corrected chi connectivity index (χ3v) is 4.26. The molecule has 2 unspecified atom stereocenters. The van der Waals surface area contributed by atoms with Crippen LogP contribution in [0.15, 0.2) is 18.2 Å². The summed E-state index contributed by atoms with van der Waals surface area (Å²) in [6, 6.07) is 5.87. The van der Waals surface area contributed by atoms with E-state index in [0.717, 1.165) is 12.1 Å². The van der Waals surface area contributed by atoms with Gasteiger partial charge in [0, 0.05) is 18.6 Å². The van der Waals surface area contributed by atoms with Gasteiger partial charge >= 0.3 is 0 Å². The Morgan fingerprint density at radius 3 is 2.95 bits per heavy atom. The zero-order chi connectivity index (χ0) is 14.5. The molecule has 3 nitrogen and oxygen atoms in total. The molecule has 1 aliphatic rings. The molecule has 0 radical (unpaired) electrons. The molecule has 1 heterocycles. The lowest BCUT2D eigenvalue weighted by molar-refractivity contribution is 0.178. The van der Waals surface area contributed by atoms with Crippen LogP contribution in [0.3, 0.4) is 0 Å². The Labute approximate surface area is 121 Å². The standard InChI is InChI=1S/C16H25FN2O/c1-12(13-7-8-15(17)16(10-13)20-3)18-11-14-6-4-5-9-19(14)2/h7-8,10,12,14,18H,4-6,9,11H2,1-3H3. The largest absolute Gasteiger partial charge is 0.494 e. The first-order chi connectivity index (χ1) is 9.61. The van der Waals surface area contributed by atoms with Crippen LogP contribution in [0.1, 0.15) is 37.8 Å². The highest BCUT2D eigenvalue weighted by molar-refractivity contribution is 5.31. The number of hydrogen-bond donors (Lipinski definition) is 1. The van der Waals surface area contributed by atoms with Crippen LogP contribution in [-0.4, -0.2) is 38.2 Å². The van der Waals surface area contributed by atoms with Gasteiger partial charge < -0.3 is 15.0 Å². The Balaban J connectivity index is 1.92. The molecule has 1 aromatic rings. The molecular formula is C16H25FN2O. The van der Waals surface area contributed by atoms with Gasteiger partial charge in [-0.05, 0) is 51.1 Å². The minimum Gasteiger partial charge on any atom is -0.494 e. The van der Waals surface area contributed by atoms with Crippen molar-refractivity contribution in [1.82, 2.24) is 10.2 Å². The highest BCUT2D eigenvalue weighted by Gasteiger charge is 2.19. The zero-order valence-corrected chi connectivity index (χ0v) is 12.7. The van der Waals surface area contributed by atoms with Crippen molar-refractivity contribution in [1.29, 1.82) is 0 Å². The van der Waals surface area contributed by atoms with E-state index in [1.165, 1.54) is 39.0 Å². The van der Waals surface area contributed by atoms with Crippen molar-refractivity contribution in [3.05, 3.63) is 29.6 Å². The topological polar surface area (TPSA) is 24.5 Å². The van der Waals surface area contributed by atoms with Crippen molar-refractivity contribution >= 4 is 0 Å². The summed E-state index contributed by atoms with van der Waals surface area (Å²) in [5, 5.41) is 3.55. The first-order valence-electron chi connectivity index (χ1n) is 7.39. The molecule has 1 N–H and O–H groups in total. The molecule has 1 aliphatic heterocycles. The average molecular weight is 280 g/mol. The van der Waals surface area contributed by atoms with E-state index in [1.54, 1.807) is 6.07 Å². The predicted molar refractivity (Wildman–Crippen MR) is 79.6 cm³/mol. The number of hydrogen-bond acceptors (Lipinski definition) is 3. The molecule has 0 aliphatic carbocycles. The number of halogens is 1. The smallest absolute Gasteiger partial charge is 0.165 e. The van der Waals surface area contributed by atoms with E-state index < -0.39 is 0 Å². The molecule has 0 bridgehead atoms. The van der Waals surface area contributed by atoms with Gasteiger partial charge in [0.25, 0.3) is 0 Å². The summed E-state index contributed by atoms with van der Waals surface area (Å²) in [5.41, 5.74) is 1.06. The van der Waals surface area contributed by atoms with E-state index >= 15 is 0 Å². The minimum absolute atomic E-state index is 0.194. The van der Waals surface area contributed by atoms with Crippen molar-refractivity contribution in [3.63, 3.8) is 0 Å². The maximum absolute atomic E-state index is 13.4. The van der Waals surface area contributed by atoms with Crippen LogP contribution in [0.5, 0.6) is 5.75 Å². The number of likely N-dealkylation sites (tertiary alicyclic amines) is 1. The summed E-state index contributed by atoms with van der Waals surface area (Å²) >= 11 is 0. The summed E-state index contributed by atoms with van der Waals surface area (Å²) in [6.07, 6.45) is 3.87. The molecule has 1 fully saturated rings. The monoisotopic (exact) mass is 280 g/mol. The van der Waals surface area contributed by atoms with Crippen LogP contribution in [0.25, 0.3) is 0 Å². The predicted octanol–water partition coefficient (Wildman–Crippen LogP) is 2.97. The van der Waals surface area contributed by atoms with E-state index in [9.17, 15) is 4.39 Å². The number of methoxy groups -OCH3 is 1. The first kappa shape index (κ1) is 15.3. The van der Waals surface area contributed by atoms with Crippen molar-refractivity contribution < 1.29 is 9.13 Å². The summed E-state index contributed by atoms with van der Waals surface area (Å²) in [5.74, 6) is 0.00129. The minimum atomic E-state index is -0.310.